The summed E-state index contributed by atoms with van der Waals surface area (Å²) in [5, 5.41) is 0. The molecule has 0 heterocycles. The predicted molar refractivity (Wildman–Crippen MR) is 45.3 cm³/mol. The molecule has 0 saturated heterocycles. The Hall–Kier alpha value is -0.700. The Kier molecular flexibility index (Phi) is 8.71. The second kappa shape index (κ2) is 7.41. The fourth-order valence-electron chi connectivity index (χ4n) is 0.649. The van der Waals surface area contributed by atoms with Crippen molar-refractivity contribution in [1.82, 2.24) is 0 Å². The molecule has 0 rings (SSSR count). The van der Waals surface area contributed by atoms with Crippen LogP contribution in [0.2, 0.25) is 0 Å². The highest BCUT2D eigenvalue weighted by atomic mass is 16.1. The average molecular weight is 160 g/mol. The number of rotatable bonds is 4. The number of unbranched alkanes of at least 4 members (excludes halogenated alkanes) is 1. The summed E-state index contributed by atoms with van der Waals surface area (Å²) in [6.45, 7) is 3.08. The van der Waals surface area contributed by atoms with Crippen LogP contribution in [0.15, 0.2) is 0 Å². The molecule has 0 atom stereocenters. The normalized spacial score (nSPS) is 9.73. The third-order valence-corrected chi connectivity index (χ3v) is 1.15. The summed E-state index contributed by atoms with van der Waals surface area (Å²) < 4.78 is 0.952. The zero-order valence-electron chi connectivity index (χ0n) is 7.67. The molecule has 0 N–H and O–H groups in total. The van der Waals surface area contributed by atoms with Crippen molar-refractivity contribution in [2.45, 2.75) is 12.8 Å². The van der Waals surface area contributed by atoms with Gasteiger partial charge in [0.2, 0.25) is 0 Å². The fraction of sp³-hybridized carbons (Fsp3) is 0.750. The number of carbonyl (C=O) groups is 2. The lowest BCUT2D eigenvalue weighted by atomic mass is 10.3. The molecule has 0 bridgehead atoms. The minimum Gasteiger partial charge on any atom is -0.331 e. The van der Waals surface area contributed by atoms with Gasteiger partial charge in [-0.25, -0.2) is 0 Å². The summed E-state index contributed by atoms with van der Waals surface area (Å²) >= 11 is 0. The molecule has 0 aliphatic heterocycles. The maximum Gasteiger partial charge on any atom is 0.120 e. The SMILES string of the molecule is C=O.C[N+](C)(C)CCCC=O. The van der Waals surface area contributed by atoms with E-state index in [1.165, 1.54) is 0 Å². The Labute approximate surface area is 68.6 Å². The largest absolute Gasteiger partial charge is 0.331 e. The molecule has 0 amide bonds. The van der Waals surface area contributed by atoms with Gasteiger partial charge >= 0.3 is 0 Å². The Morgan fingerprint density at radius 1 is 1.27 bits per heavy atom. The van der Waals surface area contributed by atoms with Gasteiger partial charge in [0.15, 0.2) is 0 Å². The molecule has 0 spiro atoms. The van der Waals surface area contributed by atoms with E-state index in [9.17, 15) is 4.79 Å². The van der Waals surface area contributed by atoms with Crippen molar-refractivity contribution in [1.29, 1.82) is 0 Å². The van der Waals surface area contributed by atoms with Crippen molar-refractivity contribution in [2.75, 3.05) is 27.7 Å². The zero-order valence-corrected chi connectivity index (χ0v) is 7.67. The van der Waals surface area contributed by atoms with Gasteiger partial charge in [0.05, 0.1) is 27.7 Å². The van der Waals surface area contributed by atoms with Crippen LogP contribution in [0.1, 0.15) is 12.8 Å². The molecule has 0 saturated carbocycles. The van der Waals surface area contributed by atoms with E-state index in [1.54, 1.807) is 0 Å². The van der Waals surface area contributed by atoms with Crippen LogP contribution < -0.4 is 0 Å². The summed E-state index contributed by atoms with van der Waals surface area (Å²) in [7, 11) is 6.39. The quantitative estimate of drug-likeness (QED) is 0.341. The van der Waals surface area contributed by atoms with Gasteiger partial charge in [-0.15, -0.1) is 0 Å². The third-order valence-electron chi connectivity index (χ3n) is 1.15. The molecule has 0 aromatic carbocycles. The highest BCUT2D eigenvalue weighted by Gasteiger charge is 2.03. The molecular weight excluding hydrogens is 142 g/mol. The first-order valence-electron chi connectivity index (χ1n) is 3.59. The Bertz CT molecular complexity index is 96.8. The summed E-state index contributed by atoms with van der Waals surface area (Å²) in [5.74, 6) is 0. The second-order valence-corrected chi connectivity index (χ2v) is 3.32. The molecule has 0 fully saturated rings. The van der Waals surface area contributed by atoms with E-state index in [2.05, 4.69) is 21.1 Å². The second-order valence-electron chi connectivity index (χ2n) is 3.32. The minimum atomic E-state index is 0.704. The monoisotopic (exact) mass is 160 g/mol. The molecule has 3 nitrogen and oxygen atoms in total. The van der Waals surface area contributed by atoms with E-state index in [0.717, 1.165) is 23.7 Å². The van der Waals surface area contributed by atoms with Crippen LogP contribution in [0, 0.1) is 0 Å². The molecule has 0 unspecified atom stereocenters. The standard InChI is InChI=1S/C7H16NO.CH2O/c1-8(2,3)6-4-5-7-9;1-2/h7H,4-6H2,1-3H3;1H2/q+1;. The molecule has 0 aliphatic carbocycles. The van der Waals surface area contributed by atoms with Crippen LogP contribution in [-0.4, -0.2) is 45.2 Å². The lowest BCUT2D eigenvalue weighted by Gasteiger charge is -2.22. The maximum absolute atomic E-state index is 9.88. The average Bonchev–Trinajstić information content (AvgIpc) is 1.90. The van der Waals surface area contributed by atoms with Crippen LogP contribution in [0.3, 0.4) is 0 Å². The van der Waals surface area contributed by atoms with Crippen molar-refractivity contribution >= 4 is 13.1 Å². The van der Waals surface area contributed by atoms with Crippen molar-refractivity contribution < 1.29 is 14.1 Å². The van der Waals surface area contributed by atoms with E-state index < -0.39 is 0 Å². The van der Waals surface area contributed by atoms with E-state index >= 15 is 0 Å². The minimum absolute atomic E-state index is 0.704. The Morgan fingerprint density at radius 2 is 1.73 bits per heavy atom. The van der Waals surface area contributed by atoms with Gasteiger partial charge in [0.1, 0.15) is 13.1 Å². The van der Waals surface area contributed by atoms with Gasteiger partial charge in [0.25, 0.3) is 0 Å². The van der Waals surface area contributed by atoms with E-state index in [1.807, 2.05) is 6.79 Å². The number of quaternary nitrogens is 1. The molecule has 0 aliphatic rings. The zero-order chi connectivity index (χ0) is 9.33. The van der Waals surface area contributed by atoms with Crippen molar-refractivity contribution in [3.05, 3.63) is 0 Å². The molecule has 0 aromatic heterocycles. The van der Waals surface area contributed by atoms with Gasteiger partial charge in [-0.1, -0.05) is 0 Å². The number of hydrogen-bond donors (Lipinski definition) is 0. The summed E-state index contributed by atoms with van der Waals surface area (Å²) in [5.41, 5.74) is 0. The highest BCUT2D eigenvalue weighted by Crippen LogP contribution is 1.94. The van der Waals surface area contributed by atoms with E-state index in [-0.39, 0.29) is 0 Å². The number of hydrogen-bond acceptors (Lipinski definition) is 2. The lowest BCUT2D eigenvalue weighted by Crippen LogP contribution is -2.35. The number of aldehydes is 1. The third kappa shape index (κ3) is 17.6. The predicted octanol–water partition coefficient (Wildman–Crippen LogP) is 0.487. The van der Waals surface area contributed by atoms with Crippen LogP contribution in [0.5, 0.6) is 0 Å². The van der Waals surface area contributed by atoms with Crippen LogP contribution >= 0.6 is 0 Å². The number of nitrogens with zero attached hydrogens (tertiary/aromatic N) is 1. The summed E-state index contributed by atoms with van der Waals surface area (Å²) in [6, 6.07) is 0. The summed E-state index contributed by atoms with van der Waals surface area (Å²) in [4.78, 5) is 17.9. The van der Waals surface area contributed by atoms with Crippen LogP contribution in [0.25, 0.3) is 0 Å². The Balaban J connectivity index is 0. The highest BCUT2D eigenvalue weighted by molar-refractivity contribution is 5.48. The van der Waals surface area contributed by atoms with Crippen LogP contribution in [0.4, 0.5) is 0 Å². The topological polar surface area (TPSA) is 34.1 Å². The molecular formula is C8H18NO2+. The van der Waals surface area contributed by atoms with Crippen molar-refractivity contribution in [2.24, 2.45) is 0 Å². The van der Waals surface area contributed by atoms with Crippen LogP contribution in [-0.2, 0) is 9.59 Å². The van der Waals surface area contributed by atoms with E-state index in [0.29, 0.717) is 6.42 Å². The molecule has 0 radical (unpaired) electrons. The van der Waals surface area contributed by atoms with Gasteiger partial charge in [0, 0.05) is 12.8 Å². The molecule has 0 aromatic rings. The van der Waals surface area contributed by atoms with Crippen molar-refractivity contribution in [3.63, 3.8) is 0 Å². The first-order chi connectivity index (χ1) is 5.06. The van der Waals surface area contributed by atoms with Crippen molar-refractivity contribution in [3.8, 4) is 0 Å². The molecule has 11 heavy (non-hydrogen) atoms. The smallest absolute Gasteiger partial charge is 0.120 e. The van der Waals surface area contributed by atoms with Gasteiger partial charge in [-0.3, -0.25) is 0 Å². The first-order valence-corrected chi connectivity index (χ1v) is 3.59. The van der Waals surface area contributed by atoms with Gasteiger partial charge < -0.3 is 14.1 Å². The molecule has 66 valence electrons. The van der Waals surface area contributed by atoms with E-state index in [4.69, 9.17) is 4.79 Å². The lowest BCUT2D eigenvalue weighted by molar-refractivity contribution is -0.870. The number of carbonyl (C=O) groups excluding carboxylic acids is 2. The van der Waals surface area contributed by atoms with Gasteiger partial charge in [-0.05, 0) is 0 Å². The first kappa shape index (κ1) is 12.9. The summed E-state index contributed by atoms with van der Waals surface area (Å²) in [6.07, 6.45) is 2.69. The Morgan fingerprint density at radius 3 is 2.00 bits per heavy atom. The molecule has 3 heteroatoms. The maximum atomic E-state index is 9.88. The fourth-order valence-corrected chi connectivity index (χ4v) is 0.649. The van der Waals surface area contributed by atoms with Gasteiger partial charge in [-0.2, -0.15) is 0 Å².